The molecule has 28 heavy (non-hydrogen) atoms. The second kappa shape index (κ2) is 6.84. The minimum Gasteiger partial charge on any atom is -0.497 e. The van der Waals surface area contributed by atoms with Crippen LogP contribution in [0.15, 0.2) is 53.4 Å². The standard InChI is InChI=1S/C19H19N3O5S/c1-26-12-6-8-13(9-7-12)28(24,25)22-11-17-15(10-18(22)27-19(20)23)14-4-2-3-5-16(14)21-17/h2-9,18,21H,10-11H2,1H3,(H2,20,23)/t18-/m1/s1. The molecule has 1 aromatic heterocycles. The number of carbonyl (C=O) groups excluding carboxylic acids is 1. The fourth-order valence-corrected chi connectivity index (χ4v) is 4.99. The van der Waals surface area contributed by atoms with E-state index < -0.39 is 22.3 Å². The Hall–Kier alpha value is -3.04. The number of aromatic amines is 1. The number of hydrogen-bond acceptors (Lipinski definition) is 5. The molecule has 2 heterocycles. The van der Waals surface area contributed by atoms with Gasteiger partial charge in [-0.25, -0.2) is 13.2 Å². The number of primary amides is 1. The Morgan fingerprint density at radius 1 is 1.18 bits per heavy atom. The number of nitrogens with one attached hydrogen (secondary N) is 1. The minimum atomic E-state index is -3.94. The van der Waals surface area contributed by atoms with Crippen LogP contribution in [0, 0.1) is 0 Å². The molecule has 1 aliphatic heterocycles. The molecule has 0 aliphatic carbocycles. The number of carbonyl (C=O) groups is 1. The monoisotopic (exact) mass is 401 g/mol. The first-order valence-corrected chi connectivity index (χ1v) is 10.0. The molecule has 1 atom stereocenters. The van der Waals surface area contributed by atoms with Crippen molar-refractivity contribution in [1.29, 1.82) is 0 Å². The lowest BCUT2D eigenvalue weighted by Gasteiger charge is -2.33. The van der Waals surface area contributed by atoms with E-state index in [0.29, 0.717) is 5.75 Å². The number of aromatic nitrogens is 1. The van der Waals surface area contributed by atoms with Crippen molar-refractivity contribution in [2.45, 2.75) is 24.1 Å². The van der Waals surface area contributed by atoms with Gasteiger partial charge < -0.3 is 20.2 Å². The largest absolute Gasteiger partial charge is 0.497 e. The minimum absolute atomic E-state index is 0.0380. The molecule has 0 radical (unpaired) electrons. The molecule has 4 rings (SSSR count). The van der Waals surface area contributed by atoms with Crippen molar-refractivity contribution in [3.8, 4) is 5.75 Å². The summed E-state index contributed by atoms with van der Waals surface area (Å²) in [5, 5.41) is 0.970. The summed E-state index contributed by atoms with van der Waals surface area (Å²) in [5.41, 5.74) is 7.79. The number of sulfonamides is 1. The summed E-state index contributed by atoms with van der Waals surface area (Å²) in [7, 11) is -2.43. The normalized spacial score (nSPS) is 17.2. The summed E-state index contributed by atoms with van der Waals surface area (Å²) in [6, 6.07) is 13.7. The molecule has 0 unspecified atom stereocenters. The van der Waals surface area contributed by atoms with Crippen molar-refractivity contribution in [2.75, 3.05) is 7.11 Å². The third-order valence-corrected chi connectivity index (χ3v) is 6.68. The predicted molar refractivity (Wildman–Crippen MR) is 102 cm³/mol. The summed E-state index contributed by atoms with van der Waals surface area (Å²) >= 11 is 0. The van der Waals surface area contributed by atoms with Gasteiger partial charge in [0.2, 0.25) is 10.0 Å². The highest BCUT2D eigenvalue weighted by Gasteiger charge is 2.39. The number of para-hydroxylation sites is 1. The molecule has 9 heteroatoms. The second-order valence-electron chi connectivity index (χ2n) is 6.45. The Morgan fingerprint density at radius 2 is 1.89 bits per heavy atom. The van der Waals surface area contributed by atoms with E-state index in [1.807, 2.05) is 24.3 Å². The second-order valence-corrected chi connectivity index (χ2v) is 8.34. The Bertz CT molecular complexity index is 1140. The molecule has 3 N–H and O–H groups in total. The summed E-state index contributed by atoms with van der Waals surface area (Å²) in [6.07, 6.45) is -1.85. The molecule has 3 aromatic rings. The maximum Gasteiger partial charge on any atom is 0.406 e. The molecule has 1 amide bonds. The summed E-state index contributed by atoms with van der Waals surface area (Å²) in [4.78, 5) is 14.8. The van der Waals surface area contributed by atoms with Crippen LogP contribution in [-0.4, -0.2) is 37.1 Å². The zero-order valence-corrected chi connectivity index (χ0v) is 15.9. The van der Waals surface area contributed by atoms with Gasteiger partial charge in [0.15, 0.2) is 6.23 Å². The van der Waals surface area contributed by atoms with Crippen LogP contribution in [0.4, 0.5) is 4.79 Å². The fraction of sp³-hybridized carbons (Fsp3) is 0.211. The van der Waals surface area contributed by atoms with Gasteiger partial charge in [0.25, 0.3) is 0 Å². The zero-order valence-electron chi connectivity index (χ0n) is 15.1. The van der Waals surface area contributed by atoms with E-state index in [2.05, 4.69) is 4.98 Å². The van der Waals surface area contributed by atoms with Crippen LogP contribution >= 0.6 is 0 Å². The maximum atomic E-state index is 13.2. The Morgan fingerprint density at radius 3 is 2.57 bits per heavy atom. The van der Waals surface area contributed by atoms with Crippen LogP contribution in [0.2, 0.25) is 0 Å². The van der Waals surface area contributed by atoms with Gasteiger partial charge in [0, 0.05) is 23.0 Å². The van der Waals surface area contributed by atoms with Gasteiger partial charge in [-0.05, 0) is 35.9 Å². The molecular weight excluding hydrogens is 382 g/mol. The first-order chi connectivity index (χ1) is 13.4. The number of nitrogens with zero attached hydrogens (tertiary/aromatic N) is 1. The predicted octanol–water partition coefficient (Wildman–Crippen LogP) is 2.34. The van der Waals surface area contributed by atoms with Gasteiger partial charge in [-0.2, -0.15) is 4.31 Å². The Labute approximate surface area is 161 Å². The molecule has 2 aromatic carbocycles. The van der Waals surface area contributed by atoms with E-state index in [0.717, 1.165) is 26.5 Å². The van der Waals surface area contributed by atoms with Gasteiger partial charge in [-0.1, -0.05) is 18.2 Å². The number of ether oxygens (including phenoxy) is 2. The lowest BCUT2D eigenvalue weighted by atomic mass is 10.0. The average molecular weight is 401 g/mol. The molecular formula is C19H19N3O5S. The number of benzene rings is 2. The lowest BCUT2D eigenvalue weighted by Crippen LogP contribution is -2.47. The van der Waals surface area contributed by atoms with Crippen molar-refractivity contribution in [1.82, 2.24) is 9.29 Å². The SMILES string of the molecule is COc1ccc(S(=O)(=O)N2Cc3[nH]c4ccccc4c3C[C@H]2OC(N)=O)cc1. The summed E-state index contributed by atoms with van der Waals surface area (Å²) in [5.74, 6) is 0.542. The zero-order chi connectivity index (χ0) is 19.9. The van der Waals surface area contributed by atoms with E-state index in [4.69, 9.17) is 15.2 Å². The van der Waals surface area contributed by atoms with Crippen LogP contribution in [-0.2, 0) is 27.7 Å². The first-order valence-electron chi connectivity index (χ1n) is 8.60. The maximum absolute atomic E-state index is 13.2. The third-order valence-electron chi connectivity index (χ3n) is 4.83. The van der Waals surface area contributed by atoms with Gasteiger partial charge in [-0.3, -0.25) is 0 Å². The van der Waals surface area contributed by atoms with Crippen LogP contribution < -0.4 is 10.5 Å². The van der Waals surface area contributed by atoms with Crippen LogP contribution in [0.1, 0.15) is 11.3 Å². The van der Waals surface area contributed by atoms with Crippen molar-refractivity contribution in [2.24, 2.45) is 5.73 Å². The number of nitrogens with two attached hydrogens (primary N) is 1. The van der Waals surface area contributed by atoms with E-state index in [-0.39, 0.29) is 17.9 Å². The molecule has 0 bridgehead atoms. The van der Waals surface area contributed by atoms with Gasteiger partial charge in [0.05, 0.1) is 18.6 Å². The summed E-state index contributed by atoms with van der Waals surface area (Å²) in [6.45, 7) is 0.0380. The van der Waals surface area contributed by atoms with Crippen molar-refractivity contribution in [3.05, 3.63) is 59.8 Å². The molecule has 0 saturated heterocycles. The highest BCUT2D eigenvalue weighted by Crippen LogP contribution is 2.34. The highest BCUT2D eigenvalue weighted by molar-refractivity contribution is 7.89. The van der Waals surface area contributed by atoms with Gasteiger partial charge in [-0.15, -0.1) is 0 Å². The van der Waals surface area contributed by atoms with Crippen molar-refractivity contribution < 1.29 is 22.7 Å². The van der Waals surface area contributed by atoms with E-state index in [1.54, 1.807) is 12.1 Å². The smallest absolute Gasteiger partial charge is 0.406 e. The average Bonchev–Trinajstić information content (AvgIpc) is 3.04. The fourth-order valence-electron chi connectivity index (χ4n) is 3.52. The number of H-pyrrole nitrogens is 1. The van der Waals surface area contributed by atoms with Gasteiger partial charge in [0.1, 0.15) is 5.75 Å². The first kappa shape index (κ1) is 18.3. The topological polar surface area (TPSA) is 115 Å². The van der Waals surface area contributed by atoms with E-state index in [9.17, 15) is 13.2 Å². The Balaban J connectivity index is 1.77. The van der Waals surface area contributed by atoms with Gasteiger partial charge >= 0.3 is 6.09 Å². The van der Waals surface area contributed by atoms with E-state index >= 15 is 0 Å². The summed E-state index contributed by atoms with van der Waals surface area (Å²) < 4.78 is 37.9. The van der Waals surface area contributed by atoms with Crippen molar-refractivity contribution >= 4 is 27.0 Å². The van der Waals surface area contributed by atoms with Crippen LogP contribution in [0.25, 0.3) is 10.9 Å². The molecule has 0 spiro atoms. The lowest BCUT2D eigenvalue weighted by molar-refractivity contribution is 0.0271. The van der Waals surface area contributed by atoms with Crippen LogP contribution in [0.3, 0.4) is 0 Å². The molecule has 1 aliphatic rings. The van der Waals surface area contributed by atoms with Crippen LogP contribution in [0.5, 0.6) is 5.75 Å². The van der Waals surface area contributed by atoms with Crippen molar-refractivity contribution in [3.63, 3.8) is 0 Å². The highest BCUT2D eigenvalue weighted by atomic mass is 32.2. The molecule has 8 nitrogen and oxygen atoms in total. The number of fused-ring (bicyclic) bond motifs is 3. The number of methoxy groups -OCH3 is 1. The number of amides is 1. The number of hydrogen-bond donors (Lipinski definition) is 2. The van der Waals surface area contributed by atoms with E-state index in [1.165, 1.54) is 19.2 Å². The molecule has 0 fully saturated rings. The number of rotatable bonds is 4. The third kappa shape index (κ3) is 3.08. The quantitative estimate of drug-likeness (QED) is 0.696. The Kier molecular flexibility index (Phi) is 4.48. The molecule has 0 saturated carbocycles. The molecule has 146 valence electrons.